The zero-order valence-corrected chi connectivity index (χ0v) is 5.75. The molecule has 2 N–H and O–H groups in total. The van der Waals surface area contributed by atoms with Crippen LogP contribution >= 0.6 is 0 Å². The van der Waals surface area contributed by atoms with E-state index in [-0.39, 0.29) is 5.92 Å². The van der Waals surface area contributed by atoms with E-state index in [1.165, 1.54) is 0 Å². The second kappa shape index (κ2) is 1.94. The van der Waals surface area contributed by atoms with Gasteiger partial charge in [-0.3, -0.25) is 0 Å². The maximum Gasteiger partial charge on any atom is 0.103 e. The molecule has 0 aromatic heterocycles. The summed E-state index contributed by atoms with van der Waals surface area (Å²) in [5, 5.41) is 13.0. The fraction of sp³-hybridized carbons (Fsp3) is 0.500. The SMILES string of the molecule is OC12C=CC=CC1CNC2. The second-order valence-electron chi connectivity index (χ2n) is 2.97. The van der Waals surface area contributed by atoms with Crippen molar-refractivity contribution in [3.63, 3.8) is 0 Å². The summed E-state index contributed by atoms with van der Waals surface area (Å²) >= 11 is 0. The van der Waals surface area contributed by atoms with Crippen LogP contribution in [0.25, 0.3) is 0 Å². The number of nitrogens with one attached hydrogen (secondary N) is 1. The summed E-state index contributed by atoms with van der Waals surface area (Å²) in [6.45, 7) is 1.59. The number of β-amino-alcohol motifs (C(OH)–C–C–N with tert-alkyl or cyclic N) is 1. The van der Waals surface area contributed by atoms with Gasteiger partial charge in [-0.2, -0.15) is 0 Å². The van der Waals surface area contributed by atoms with Crippen LogP contribution in [0.4, 0.5) is 0 Å². The first-order chi connectivity index (χ1) is 4.81. The van der Waals surface area contributed by atoms with Crippen molar-refractivity contribution >= 4 is 0 Å². The maximum absolute atomic E-state index is 9.81. The molecule has 2 rings (SSSR count). The van der Waals surface area contributed by atoms with Crippen LogP contribution in [-0.2, 0) is 0 Å². The van der Waals surface area contributed by atoms with Crippen LogP contribution in [0.15, 0.2) is 24.3 Å². The lowest BCUT2D eigenvalue weighted by molar-refractivity contribution is 0.0829. The van der Waals surface area contributed by atoms with Crippen LogP contribution in [0.5, 0.6) is 0 Å². The quantitative estimate of drug-likeness (QED) is 0.495. The molecule has 2 aliphatic rings. The van der Waals surface area contributed by atoms with E-state index in [1.807, 2.05) is 18.2 Å². The molecule has 1 saturated heterocycles. The third-order valence-electron chi connectivity index (χ3n) is 2.25. The molecular formula is C8H11NO. The molecule has 1 aliphatic heterocycles. The van der Waals surface area contributed by atoms with E-state index < -0.39 is 5.60 Å². The van der Waals surface area contributed by atoms with Gasteiger partial charge in [-0.1, -0.05) is 24.3 Å². The standard InChI is InChI=1S/C8H11NO/c10-8-4-2-1-3-7(8)5-9-6-8/h1-4,7,9-10H,5-6H2. The van der Waals surface area contributed by atoms with E-state index in [9.17, 15) is 5.11 Å². The van der Waals surface area contributed by atoms with Crippen LogP contribution in [0.3, 0.4) is 0 Å². The summed E-state index contributed by atoms with van der Waals surface area (Å²) in [4.78, 5) is 0. The van der Waals surface area contributed by atoms with Crippen molar-refractivity contribution in [2.45, 2.75) is 5.60 Å². The Balaban J connectivity index is 2.30. The monoisotopic (exact) mass is 137 g/mol. The topological polar surface area (TPSA) is 32.3 Å². The lowest BCUT2D eigenvalue weighted by atomic mass is 9.87. The minimum absolute atomic E-state index is 0.289. The van der Waals surface area contributed by atoms with Crippen molar-refractivity contribution in [1.82, 2.24) is 5.32 Å². The van der Waals surface area contributed by atoms with Gasteiger partial charge in [-0.15, -0.1) is 0 Å². The van der Waals surface area contributed by atoms with Crippen molar-refractivity contribution in [2.75, 3.05) is 13.1 Å². The van der Waals surface area contributed by atoms with Gasteiger partial charge >= 0.3 is 0 Å². The Kier molecular flexibility index (Phi) is 1.19. The number of hydrogen-bond donors (Lipinski definition) is 2. The average molecular weight is 137 g/mol. The van der Waals surface area contributed by atoms with Crippen LogP contribution in [-0.4, -0.2) is 23.8 Å². The van der Waals surface area contributed by atoms with Crippen molar-refractivity contribution in [2.24, 2.45) is 5.92 Å². The lowest BCUT2D eigenvalue weighted by Crippen LogP contribution is -2.35. The number of allylic oxidation sites excluding steroid dienone is 2. The van der Waals surface area contributed by atoms with E-state index in [1.54, 1.807) is 0 Å². The Morgan fingerprint density at radius 2 is 2.40 bits per heavy atom. The van der Waals surface area contributed by atoms with Crippen LogP contribution in [0, 0.1) is 5.92 Å². The van der Waals surface area contributed by atoms with Gasteiger partial charge in [0.25, 0.3) is 0 Å². The number of rotatable bonds is 0. The fourth-order valence-corrected chi connectivity index (χ4v) is 1.57. The Morgan fingerprint density at radius 3 is 3.20 bits per heavy atom. The van der Waals surface area contributed by atoms with Crippen molar-refractivity contribution < 1.29 is 5.11 Å². The summed E-state index contributed by atoms with van der Waals surface area (Å²) in [6, 6.07) is 0. The molecule has 1 fully saturated rings. The van der Waals surface area contributed by atoms with Crippen LogP contribution in [0.2, 0.25) is 0 Å². The highest BCUT2D eigenvalue weighted by atomic mass is 16.3. The van der Waals surface area contributed by atoms with Gasteiger partial charge in [0.05, 0.1) is 0 Å². The summed E-state index contributed by atoms with van der Waals surface area (Å²) in [5.41, 5.74) is -0.589. The van der Waals surface area contributed by atoms with Gasteiger partial charge in [0.2, 0.25) is 0 Å². The van der Waals surface area contributed by atoms with Gasteiger partial charge < -0.3 is 10.4 Å². The summed E-state index contributed by atoms with van der Waals surface area (Å²) in [5.74, 6) is 0.289. The zero-order chi connectivity index (χ0) is 7.03. The van der Waals surface area contributed by atoms with Gasteiger partial charge in [-0.25, -0.2) is 0 Å². The minimum Gasteiger partial charge on any atom is -0.384 e. The fourth-order valence-electron chi connectivity index (χ4n) is 1.57. The Morgan fingerprint density at radius 1 is 1.50 bits per heavy atom. The molecule has 2 heteroatoms. The predicted molar refractivity (Wildman–Crippen MR) is 39.6 cm³/mol. The molecule has 0 saturated carbocycles. The number of fused-ring (bicyclic) bond motifs is 1. The van der Waals surface area contributed by atoms with Gasteiger partial charge in [0.15, 0.2) is 0 Å². The third kappa shape index (κ3) is 0.728. The first-order valence-corrected chi connectivity index (χ1v) is 3.60. The summed E-state index contributed by atoms with van der Waals surface area (Å²) in [6.07, 6.45) is 7.83. The molecule has 0 spiro atoms. The smallest absolute Gasteiger partial charge is 0.103 e. The van der Waals surface area contributed by atoms with Gasteiger partial charge in [0, 0.05) is 19.0 Å². The van der Waals surface area contributed by atoms with E-state index in [0.717, 1.165) is 6.54 Å². The maximum atomic E-state index is 9.81. The first-order valence-electron chi connectivity index (χ1n) is 3.60. The normalized spacial score (nSPS) is 43.9. The van der Waals surface area contributed by atoms with Gasteiger partial charge in [-0.05, 0) is 0 Å². The lowest BCUT2D eigenvalue weighted by Gasteiger charge is -2.24. The molecule has 1 heterocycles. The third-order valence-corrected chi connectivity index (χ3v) is 2.25. The second-order valence-corrected chi connectivity index (χ2v) is 2.97. The Labute approximate surface area is 60.2 Å². The Bertz CT molecular complexity index is 197. The van der Waals surface area contributed by atoms with Crippen LogP contribution < -0.4 is 5.32 Å². The molecule has 0 bridgehead atoms. The first kappa shape index (κ1) is 6.13. The molecule has 10 heavy (non-hydrogen) atoms. The highest BCUT2D eigenvalue weighted by Crippen LogP contribution is 2.27. The van der Waals surface area contributed by atoms with E-state index in [2.05, 4.69) is 11.4 Å². The highest BCUT2D eigenvalue weighted by Gasteiger charge is 2.37. The van der Waals surface area contributed by atoms with Crippen molar-refractivity contribution in [3.8, 4) is 0 Å². The van der Waals surface area contributed by atoms with E-state index in [4.69, 9.17) is 0 Å². The molecule has 0 aromatic rings. The molecule has 2 atom stereocenters. The largest absolute Gasteiger partial charge is 0.384 e. The molecule has 0 amide bonds. The van der Waals surface area contributed by atoms with Crippen LogP contribution in [0.1, 0.15) is 0 Å². The molecule has 1 aliphatic carbocycles. The number of hydrogen-bond acceptors (Lipinski definition) is 2. The highest BCUT2D eigenvalue weighted by molar-refractivity contribution is 5.24. The molecule has 0 aromatic carbocycles. The van der Waals surface area contributed by atoms with Crippen molar-refractivity contribution in [3.05, 3.63) is 24.3 Å². The predicted octanol–water partition coefficient (Wildman–Crippen LogP) is 0.0629. The zero-order valence-electron chi connectivity index (χ0n) is 5.75. The van der Waals surface area contributed by atoms with E-state index >= 15 is 0 Å². The summed E-state index contributed by atoms with van der Waals surface area (Å²) < 4.78 is 0. The molecular weight excluding hydrogens is 126 g/mol. The molecule has 0 radical (unpaired) electrons. The minimum atomic E-state index is -0.589. The Hall–Kier alpha value is -0.600. The molecule has 2 unspecified atom stereocenters. The number of aliphatic hydroxyl groups is 1. The van der Waals surface area contributed by atoms with E-state index in [0.29, 0.717) is 6.54 Å². The average Bonchev–Trinajstić information content (AvgIpc) is 2.29. The molecule has 54 valence electrons. The molecule has 2 nitrogen and oxygen atoms in total. The summed E-state index contributed by atoms with van der Waals surface area (Å²) in [7, 11) is 0. The van der Waals surface area contributed by atoms with Crippen molar-refractivity contribution in [1.29, 1.82) is 0 Å². The van der Waals surface area contributed by atoms with Gasteiger partial charge in [0.1, 0.15) is 5.60 Å².